The van der Waals surface area contributed by atoms with E-state index in [-0.39, 0.29) is 23.9 Å². The fourth-order valence-corrected chi connectivity index (χ4v) is 6.45. The average molecular weight is 493 g/mol. The second kappa shape index (κ2) is 7.53. The predicted octanol–water partition coefficient (Wildman–Crippen LogP) is 5.79. The smallest absolute Gasteiger partial charge is 0.254 e. The molecule has 0 unspecified atom stereocenters. The molecule has 3 aromatic carbocycles. The zero-order valence-electron chi connectivity index (χ0n) is 22.2. The Labute approximate surface area is 206 Å². The Morgan fingerprint density at radius 3 is 2.66 bits per heavy atom. The molecule has 3 heterocycles. The van der Waals surface area contributed by atoms with E-state index in [9.17, 15) is 18.9 Å². The second-order valence-corrected chi connectivity index (χ2v) is 13.2. The minimum atomic E-state index is -2.71. The van der Waals surface area contributed by atoms with E-state index in [2.05, 4.69) is 0 Å². The first-order valence-electron chi connectivity index (χ1n) is 12.8. The third-order valence-electron chi connectivity index (χ3n) is 6.89. The lowest BCUT2D eigenvalue weighted by Crippen LogP contribution is -2.30. The van der Waals surface area contributed by atoms with E-state index < -0.39 is 37.9 Å². The minimum absolute atomic E-state index is 0.0837. The number of aromatic hydroxyl groups is 1. The molecule has 6 nitrogen and oxygen atoms in total. The zero-order chi connectivity index (χ0) is 27.1. The van der Waals surface area contributed by atoms with Crippen LogP contribution in [0.15, 0.2) is 54.6 Å². The lowest BCUT2D eigenvalue weighted by atomic mass is 9.97. The standard InChI is InChI=1S/C27H25FN3O3P/c1-30-23-13-22(25-18(27(30)33)5-4-6-24(25)32)31-21-12-16(9-10-20(21)29-26(23)31)15-7-8-17(19(28)11-15)14-35(2,3)34/h4-12,22-23,32H,13-14H2,1-3H3/t22-,23-/m1/s1/i1D3. The lowest BCUT2D eigenvalue weighted by Gasteiger charge is -2.24. The molecule has 1 amide bonds. The number of imidazole rings is 1. The van der Waals surface area contributed by atoms with Crippen molar-refractivity contribution < 1.29 is 23.0 Å². The summed E-state index contributed by atoms with van der Waals surface area (Å²) in [4.78, 5) is 19.0. The Hall–Kier alpha value is -3.44. The molecular formula is C27H25FN3O3P. The summed E-state index contributed by atoms with van der Waals surface area (Å²) in [5, 5.41) is 10.8. The van der Waals surface area contributed by atoms with Gasteiger partial charge in [-0.25, -0.2) is 9.37 Å². The van der Waals surface area contributed by atoms with E-state index in [1.165, 1.54) is 24.3 Å². The molecule has 8 heteroatoms. The number of halogens is 1. The molecule has 4 aromatic rings. The van der Waals surface area contributed by atoms with Crippen LogP contribution < -0.4 is 0 Å². The van der Waals surface area contributed by atoms with Gasteiger partial charge in [-0.05, 0) is 60.4 Å². The molecule has 2 bridgehead atoms. The van der Waals surface area contributed by atoms with Gasteiger partial charge in [-0.3, -0.25) is 4.79 Å². The maximum absolute atomic E-state index is 14.9. The molecule has 0 radical (unpaired) electrons. The van der Waals surface area contributed by atoms with E-state index >= 15 is 0 Å². The second-order valence-electron chi connectivity index (χ2n) is 9.76. The number of benzene rings is 3. The van der Waals surface area contributed by atoms with Crippen LogP contribution in [0.3, 0.4) is 0 Å². The van der Waals surface area contributed by atoms with Gasteiger partial charge in [-0.15, -0.1) is 0 Å². The number of phenols is 1. The number of amides is 1. The monoisotopic (exact) mass is 492 g/mol. The van der Waals surface area contributed by atoms with Crippen molar-refractivity contribution >= 4 is 24.1 Å². The van der Waals surface area contributed by atoms with E-state index in [0.717, 1.165) is 10.5 Å². The highest BCUT2D eigenvalue weighted by Gasteiger charge is 2.44. The third kappa shape index (κ3) is 3.41. The zero-order valence-corrected chi connectivity index (χ0v) is 20.1. The Kier molecular flexibility index (Phi) is 4.05. The molecule has 0 spiro atoms. The molecule has 1 N–H and O–H groups in total. The SMILES string of the molecule is [2H]C([2H])([2H])N1C(=O)c2cccc(O)c2[C@H]2C[C@@H]1c1nc3ccc(-c4ccc(CP(C)(C)=O)c(F)c4)cc3n12. The van der Waals surface area contributed by atoms with E-state index in [1.54, 1.807) is 31.5 Å². The summed E-state index contributed by atoms with van der Waals surface area (Å²) < 4.78 is 53.3. The molecule has 0 aliphatic carbocycles. The molecule has 0 saturated heterocycles. The van der Waals surface area contributed by atoms with Crippen molar-refractivity contribution in [1.82, 2.24) is 14.5 Å². The number of carbonyl (C=O) groups excluding carboxylic acids is 1. The van der Waals surface area contributed by atoms with E-state index in [0.29, 0.717) is 33.5 Å². The van der Waals surface area contributed by atoms with Gasteiger partial charge >= 0.3 is 0 Å². The van der Waals surface area contributed by atoms with Crippen LogP contribution >= 0.6 is 7.14 Å². The number of phenolic OH excluding ortho intramolecular Hbond substituents is 1. The molecule has 1 aromatic heterocycles. The normalized spacial score (nSPS) is 20.7. The lowest BCUT2D eigenvalue weighted by molar-refractivity contribution is 0.0734. The van der Waals surface area contributed by atoms with Gasteiger partial charge in [-0.2, -0.15) is 0 Å². The van der Waals surface area contributed by atoms with Gasteiger partial charge in [0.1, 0.15) is 17.4 Å². The van der Waals surface area contributed by atoms with Gasteiger partial charge in [0.25, 0.3) is 5.91 Å². The van der Waals surface area contributed by atoms with Crippen LogP contribution in [-0.4, -0.2) is 45.8 Å². The molecule has 35 heavy (non-hydrogen) atoms. The summed E-state index contributed by atoms with van der Waals surface area (Å²) in [5.74, 6) is -0.743. The molecule has 2 aliphatic heterocycles. The Morgan fingerprint density at radius 2 is 1.91 bits per heavy atom. The topological polar surface area (TPSA) is 75.4 Å². The molecule has 2 atom stereocenters. The Morgan fingerprint density at radius 1 is 1.14 bits per heavy atom. The van der Waals surface area contributed by atoms with E-state index in [4.69, 9.17) is 9.10 Å². The third-order valence-corrected chi connectivity index (χ3v) is 7.99. The average Bonchev–Trinajstić information content (AvgIpc) is 3.31. The Balaban J connectivity index is 1.53. The largest absolute Gasteiger partial charge is 0.508 e. The Bertz CT molecular complexity index is 1690. The molecule has 6 rings (SSSR count). The first-order chi connectivity index (χ1) is 17.8. The van der Waals surface area contributed by atoms with Crippen molar-refractivity contribution in [1.29, 1.82) is 0 Å². The summed E-state index contributed by atoms with van der Waals surface area (Å²) in [6, 6.07) is 13.6. The molecule has 178 valence electrons. The number of hydrogen-bond acceptors (Lipinski definition) is 4. The number of carbonyl (C=O) groups is 1. The summed E-state index contributed by atoms with van der Waals surface area (Å²) in [7, 11) is -2.44. The van der Waals surface area contributed by atoms with Crippen LogP contribution in [0.5, 0.6) is 5.75 Å². The molecule has 0 fully saturated rings. The summed E-state index contributed by atoms with van der Waals surface area (Å²) in [6.07, 6.45) is 0.438. The first-order valence-corrected chi connectivity index (χ1v) is 14.1. The summed E-state index contributed by atoms with van der Waals surface area (Å²) >= 11 is 0. The van der Waals surface area contributed by atoms with Crippen molar-refractivity contribution in [2.45, 2.75) is 24.7 Å². The molecular weight excluding hydrogens is 464 g/mol. The molecule has 0 saturated carbocycles. The quantitative estimate of drug-likeness (QED) is 0.367. The van der Waals surface area contributed by atoms with Crippen LogP contribution in [0.25, 0.3) is 22.2 Å². The van der Waals surface area contributed by atoms with Gasteiger partial charge in [0, 0.05) is 34.8 Å². The molecule has 2 aliphatic rings. The highest BCUT2D eigenvalue weighted by atomic mass is 31.2. The van der Waals surface area contributed by atoms with Gasteiger partial charge in [-0.1, -0.05) is 24.3 Å². The van der Waals surface area contributed by atoms with E-state index in [1.807, 2.05) is 16.7 Å². The van der Waals surface area contributed by atoms with Crippen LogP contribution in [0.1, 0.15) is 49.9 Å². The van der Waals surface area contributed by atoms with Crippen molar-refractivity contribution in [3.05, 3.63) is 82.9 Å². The fraction of sp³-hybridized carbons (Fsp3) is 0.259. The van der Waals surface area contributed by atoms with Crippen LogP contribution in [0.2, 0.25) is 0 Å². The summed E-state index contributed by atoms with van der Waals surface area (Å²) in [5.41, 5.74) is 3.57. The van der Waals surface area contributed by atoms with Crippen molar-refractivity contribution in [2.24, 2.45) is 0 Å². The van der Waals surface area contributed by atoms with Crippen molar-refractivity contribution in [2.75, 3.05) is 20.3 Å². The number of fused-ring (bicyclic) bond motifs is 9. The number of aromatic nitrogens is 2. The van der Waals surface area contributed by atoms with Gasteiger partial charge in [0.05, 0.1) is 30.3 Å². The maximum Gasteiger partial charge on any atom is 0.254 e. The van der Waals surface area contributed by atoms with Crippen molar-refractivity contribution in [3.8, 4) is 16.9 Å². The van der Waals surface area contributed by atoms with Gasteiger partial charge < -0.3 is 19.1 Å². The van der Waals surface area contributed by atoms with Crippen LogP contribution in [0.4, 0.5) is 4.39 Å². The first kappa shape index (κ1) is 18.8. The highest BCUT2D eigenvalue weighted by Crippen LogP contribution is 2.49. The maximum atomic E-state index is 14.9. The number of hydrogen-bond donors (Lipinski definition) is 1. The van der Waals surface area contributed by atoms with Gasteiger partial charge in [0.15, 0.2) is 0 Å². The van der Waals surface area contributed by atoms with Crippen LogP contribution in [0, 0.1) is 5.82 Å². The fourth-order valence-electron chi connectivity index (χ4n) is 5.37. The summed E-state index contributed by atoms with van der Waals surface area (Å²) in [6.45, 7) is 0.547. The number of rotatable bonds is 3. The highest BCUT2D eigenvalue weighted by molar-refractivity contribution is 7.61. The predicted molar refractivity (Wildman–Crippen MR) is 134 cm³/mol. The van der Waals surface area contributed by atoms with Crippen molar-refractivity contribution in [3.63, 3.8) is 0 Å². The van der Waals surface area contributed by atoms with Crippen LogP contribution in [-0.2, 0) is 10.7 Å². The minimum Gasteiger partial charge on any atom is -0.508 e. The van der Waals surface area contributed by atoms with Gasteiger partial charge in [0.2, 0.25) is 0 Å². The number of nitrogens with zero attached hydrogens (tertiary/aromatic N) is 3.